The lowest BCUT2D eigenvalue weighted by Crippen LogP contribution is -2.39. The number of nitrogens with zero attached hydrogens (tertiary/aromatic N) is 2. The number of nitrogens with one attached hydrogen (secondary N) is 1. The molecule has 1 aromatic carbocycles. The molecule has 0 bridgehead atoms. The van der Waals surface area contributed by atoms with Crippen LogP contribution in [0.1, 0.15) is 26.2 Å². The highest BCUT2D eigenvalue weighted by Gasteiger charge is 2.18. The molecule has 0 unspecified atom stereocenters. The van der Waals surface area contributed by atoms with E-state index in [4.69, 9.17) is 11.6 Å². The van der Waals surface area contributed by atoms with Crippen LogP contribution in [-0.4, -0.2) is 29.6 Å². The topological polar surface area (TPSA) is 44.7 Å². The van der Waals surface area contributed by atoms with Crippen LogP contribution in [0.2, 0.25) is 5.02 Å². The number of hydrogen-bond donors (Lipinski definition) is 1. The summed E-state index contributed by atoms with van der Waals surface area (Å²) in [7, 11) is 0. The summed E-state index contributed by atoms with van der Waals surface area (Å²) in [4.78, 5) is 13.7. The Balaban J connectivity index is 2.07. The predicted molar refractivity (Wildman–Crippen MR) is 78.6 cm³/mol. The predicted octanol–water partition coefficient (Wildman–Crippen LogP) is 3.14. The molecule has 5 heteroatoms. The van der Waals surface area contributed by atoms with Gasteiger partial charge in [0.05, 0.1) is 5.69 Å². The summed E-state index contributed by atoms with van der Waals surface area (Å²) in [6, 6.07) is 7.24. The van der Waals surface area contributed by atoms with E-state index in [2.05, 4.69) is 15.4 Å². The Morgan fingerprint density at radius 1 is 1.21 bits per heavy atom. The fourth-order valence-electron chi connectivity index (χ4n) is 2.12. The third-order valence-electron chi connectivity index (χ3n) is 3.11. The number of carbonyl (C=O) groups is 1. The van der Waals surface area contributed by atoms with E-state index in [0.29, 0.717) is 10.9 Å². The molecule has 1 aliphatic rings. The maximum atomic E-state index is 11.7. The lowest BCUT2D eigenvalue weighted by atomic mass is 10.1. The lowest BCUT2D eigenvalue weighted by molar-refractivity contribution is -0.111. The summed E-state index contributed by atoms with van der Waals surface area (Å²) in [6.45, 7) is 3.36. The van der Waals surface area contributed by atoms with Crippen molar-refractivity contribution < 1.29 is 4.79 Å². The monoisotopic (exact) mass is 279 g/mol. The van der Waals surface area contributed by atoms with E-state index >= 15 is 0 Å². The van der Waals surface area contributed by atoms with Crippen LogP contribution >= 0.6 is 11.6 Å². The molecule has 0 atom stereocenters. The van der Waals surface area contributed by atoms with Gasteiger partial charge in [0.25, 0.3) is 0 Å². The number of carbonyl (C=O) groups excluding carboxylic acids is 1. The number of halogens is 1. The summed E-state index contributed by atoms with van der Waals surface area (Å²) in [5.41, 5.74) is 3.74. The average molecular weight is 280 g/mol. The van der Waals surface area contributed by atoms with Crippen LogP contribution in [-0.2, 0) is 4.79 Å². The number of piperidine rings is 1. The molecule has 1 N–H and O–H groups in total. The smallest absolute Gasteiger partial charge is 0.196 e. The molecule has 0 saturated carbocycles. The summed E-state index contributed by atoms with van der Waals surface area (Å²) >= 11 is 5.82. The van der Waals surface area contributed by atoms with Gasteiger partial charge in [-0.05, 0) is 43.5 Å². The van der Waals surface area contributed by atoms with Crippen molar-refractivity contribution in [2.45, 2.75) is 26.2 Å². The van der Waals surface area contributed by atoms with E-state index in [-0.39, 0.29) is 5.78 Å². The van der Waals surface area contributed by atoms with E-state index < -0.39 is 0 Å². The van der Waals surface area contributed by atoms with E-state index in [1.807, 2.05) is 12.1 Å². The first-order valence-electron chi connectivity index (χ1n) is 6.52. The van der Waals surface area contributed by atoms with E-state index in [9.17, 15) is 4.79 Å². The summed E-state index contributed by atoms with van der Waals surface area (Å²) in [5, 5.41) is 4.92. The number of rotatable bonds is 3. The highest BCUT2D eigenvalue weighted by atomic mass is 35.5. The van der Waals surface area contributed by atoms with E-state index in [1.165, 1.54) is 6.42 Å². The van der Waals surface area contributed by atoms with Crippen LogP contribution in [0, 0.1) is 0 Å². The Labute approximate surface area is 118 Å². The second-order valence-electron chi connectivity index (χ2n) is 4.66. The zero-order valence-electron chi connectivity index (χ0n) is 11.0. The molecular weight excluding hydrogens is 262 g/mol. The molecule has 1 aliphatic heterocycles. The van der Waals surface area contributed by atoms with Crippen molar-refractivity contribution in [3.05, 3.63) is 29.3 Å². The average Bonchev–Trinajstić information content (AvgIpc) is 2.42. The zero-order chi connectivity index (χ0) is 13.7. The molecule has 1 aromatic rings. The van der Waals surface area contributed by atoms with Crippen molar-refractivity contribution >= 4 is 28.9 Å². The maximum absolute atomic E-state index is 11.7. The van der Waals surface area contributed by atoms with Crippen LogP contribution < -0.4 is 5.43 Å². The molecule has 0 amide bonds. The number of hydrazone groups is 1. The van der Waals surface area contributed by atoms with Crippen LogP contribution in [0.3, 0.4) is 0 Å². The van der Waals surface area contributed by atoms with Crippen LogP contribution in [0.4, 0.5) is 5.69 Å². The quantitative estimate of drug-likeness (QED) is 0.525. The number of Topliss-reactive ketones (excluding diaryl/α,β-unsaturated/α-hetero) is 1. The van der Waals surface area contributed by atoms with Gasteiger partial charge in [-0.1, -0.05) is 11.6 Å². The molecule has 1 heterocycles. The van der Waals surface area contributed by atoms with Gasteiger partial charge in [-0.25, -0.2) is 0 Å². The highest BCUT2D eigenvalue weighted by Crippen LogP contribution is 2.14. The molecule has 0 aliphatic carbocycles. The molecular formula is C14H18ClN3O. The molecule has 1 saturated heterocycles. The van der Waals surface area contributed by atoms with Crippen LogP contribution in [0.5, 0.6) is 0 Å². The molecule has 0 spiro atoms. The zero-order valence-corrected chi connectivity index (χ0v) is 11.8. The molecule has 0 radical (unpaired) electrons. The molecule has 4 nitrogen and oxygen atoms in total. The Hall–Kier alpha value is -1.55. The maximum Gasteiger partial charge on any atom is 0.196 e. The third-order valence-corrected chi connectivity index (χ3v) is 3.36. The fourth-order valence-corrected chi connectivity index (χ4v) is 2.25. The number of hydrogen-bond acceptors (Lipinski definition) is 3. The second kappa shape index (κ2) is 6.57. The van der Waals surface area contributed by atoms with Crippen molar-refractivity contribution in [3.8, 4) is 0 Å². The normalized spacial score (nSPS) is 16.3. The number of benzene rings is 1. The minimum absolute atomic E-state index is 0.0108. The Morgan fingerprint density at radius 2 is 1.84 bits per heavy atom. The third kappa shape index (κ3) is 3.96. The highest BCUT2D eigenvalue weighted by molar-refractivity contribution is 6.37. The van der Waals surface area contributed by atoms with E-state index in [0.717, 1.165) is 31.6 Å². The molecule has 2 rings (SSSR count). The first kappa shape index (κ1) is 13.9. The molecule has 0 aromatic heterocycles. The van der Waals surface area contributed by atoms with Crippen molar-refractivity contribution in [2.75, 3.05) is 18.5 Å². The Morgan fingerprint density at radius 3 is 2.42 bits per heavy atom. The van der Waals surface area contributed by atoms with Gasteiger partial charge in [0.1, 0.15) is 0 Å². The number of anilines is 1. The Bertz CT molecular complexity index is 464. The van der Waals surface area contributed by atoms with Crippen LogP contribution in [0.15, 0.2) is 29.4 Å². The van der Waals surface area contributed by atoms with Gasteiger partial charge in [-0.15, -0.1) is 0 Å². The molecule has 1 fully saturated rings. The number of likely N-dealkylation sites (tertiary alicyclic amines) is 1. The van der Waals surface area contributed by atoms with Gasteiger partial charge in [-0.3, -0.25) is 10.2 Å². The van der Waals surface area contributed by atoms with Gasteiger partial charge in [-0.2, -0.15) is 5.10 Å². The van der Waals surface area contributed by atoms with Gasteiger partial charge >= 0.3 is 0 Å². The van der Waals surface area contributed by atoms with Crippen molar-refractivity contribution in [1.29, 1.82) is 0 Å². The van der Waals surface area contributed by atoms with Crippen molar-refractivity contribution in [2.24, 2.45) is 5.10 Å². The van der Waals surface area contributed by atoms with Gasteiger partial charge in [0.15, 0.2) is 11.6 Å². The van der Waals surface area contributed by atoms with Crippen molar-refractivity contribution in [3.63, 3.8) is 0 Å². The number of ketones is 1. The van der Waals surface area contributed by atoms with E-state index in [1.54, 1.807) is 19.1 Å². The lowest BCUT2D eigenvalue weighted by Gasteiger charge is -2.28. The summed E-state index contributed by atoms with van der Waals surface area (Å²) in [6.07, 6.45) is 3.47. The van der Waals surface area contributed by atoms with Gasteiger partial charge < -0.3 is 4.90 Å². The second-order valence-corrected chi connectivity index (χ2v) is 5.09. The minimum atomic E-state index is -0.0108. The van der Waals surface area contributed by atoms with Crippen molar-refractivity contribution in [1.82, 2.24) is 4.90 Å². The van der Waals surface area contributed by atoms with Gasteiger partial charge in [0, 0.05) is 25.0 Å². The largest absolute Gasteiger partial charge is 0.352 e. The standard InChI is InChI=1S/C14H18ClN3O/c1-11(19)14(18-9-3-2-4-10-18)17-16-13-7-5-12(15)6-8-13/h5-8,16H,2-4,9-10H2,1H3. The molecule has 19 heavy (non-hydrogen) atoms. The first-order valence-corrected chi connectivity index (χ1v) is 6.90. The van der Waals surface area contributed by atoms with Crippen LogP contribution in [0.25, 0.3) is 0 Å². The minimum Gasteiger partial charge on any atom is -0.352 e. The number of amidine groups is 1. The fraction of sp³-hybridized carbons (Fsp3) is 0.429. The SMILES string of the molecule is CC(=O)C(=NNc1ccc(Cl)cc1)N1CCCCC1. The summed E-state index contributed by atoms with van der Waals surface area (Å²) in [5.74, 6) is 0.498. The summed E-state index contributed by atoms with van der Waals surface area (Å²) < 4.78 is 0. The Kier molecular flexibility index (Phi) is 4.80. The molecule has 102 valence electrons. The van der Waals surface area contributed by atoms with Gasteiger partial charge in [0.2, 0.25) is 0 Å². The first-order chi connectivity index (χ1) is 9.16.